The molecule has 0 saturated heterocycles. The predicted octanol–water partition coefficient (Wildman–Crippen LogP) is 4.21. The number of methoxy groups -OCH3 is 1. The molecule has 0 saturated carbocycles. The smallest absolute Gasteiger partial charge is 0.259 e. The van der Waals surface area contributed by atoms with Crippen molar-refractivity contribution in [1.82, 2.24) is 4.90 Å². The van der Waals surface area contributed by atoms with E-state index >= 15 is 0 Å². The predicted molar refractivity (Wildman–Crippen MR) is 124 cm³/mol. The van der Waals surface area contributed by atoms with Crippen molar-refractivity contribution in [3.05, 3.63) is 54.1 Å². The Morgan fingerprint density at radius 3 is 2.84 bits per heavy atom. The molecule has 0 radical (unpaired) electrons. The van der Waals surface area contributed by atoms with Crippen molar-refractivity contribution < 1.29 is 14.3 Å². The number of fused-ring (bicyclic) bond motifs is 3. The summed E-state index contributed by atoms with van der Waals surface area (Å²) in [6.07, 6.45) is 1.55. The molecule has 0 fully saturated rings. The van der Waals surface area contributed by atoms with Crippen LogP contribution in [0.5, 0.6) is 5.75 Å². The Balaban J connectivity index is 1.57. The van der Waals surface area contributed by atoms with Gasteiger partial charge in [-0.2, -0.15) is 0 Å². The number of hydrogen-bond donors (Lipinski definition) is 1. The van der Waals surface area contributed by atoms with Crippen molar-refractivity contribution in [2.75, 3.05) is 12.4 Å². The van der Waals surface area contributed by atoms with E-state index in [0.29, 0.717) is 28.9 Å². The van der Waals surface area contributed by atoms with E-state index in [1.165, 1.54) is 11.8 Å². The molecule has 2 heterocycles. The van der Waals surface area contributed by atoms with Crippen LogP contribution < -0.4 is 10.1 Å². The second kappa shape index (κ2) is 8.93. The highest BCUT2D eigenvalue weighted by Crippen LogP contribution is 2.35. The van der Waals surface area contributed by atoms with Gasteiger partial charge in [-0.3, -0.25) is 14.6 Å². The van der Waals surface area contributed by atoms with Gasteiger partial charge in [0, 0.05) is 17.3 Å². The lowest BCUT2D eigenvalue weighted by molar-refractivity contribution is -0.124. The van der Waals surface area contributed by atoms with E-state index in [-0.39, 0.29) is 11.8 Å². The zero-order valence-electron chi connectivity index (χ0n) is 17.7. The molecule has 2 amide bonds. The third-order valence-corrected chi connectivity index (χ3v) is 6.15. The van der Waals surface area contributed by atoms with Crippen LogP contribution in [0.25, 0.3) is 0 Å². The quantitative estimate of drug-likeness (QED) is 0.735. The average Bonchev–Trinajstić information content (AvgIpc) is 3.11. The highest BCUT2D eigenvalue weighted by atomic mass is 32.2. The van der Waals surface area contributed by atoms with Crippen LogP contribution in [0, 0.1) is 0 Å². The molecule has 2 aliphatic rings. The van der Waals surface area contributed by atoms with Gasteiger partial charge in [-0.1, -0.05) is 43.3 Å². The molecule has 7 nitrogen and oxygen atoms in total. The van der Waals surface area contributed by atoms with Gasteiger partial charge in [0.1, 0.15) is 17.6 Å². The molecule has 1 N–H and O–H groups in total. The third-order valence-electron chi connectivity index (χ3n) is 5.10. The molecule has 0 spiro atoms. The molecule has 4 rings (SSSR count). The fourth-order valence-electron chi connectivity index (χ4n) is 3.50. The summed E-state index contributed by atoms with van der Waals surface area (Å²) in [7, 11) is 1.58. The van der Waals surface area contributed by atoms with Gasteiger partial charge < -0.3 is 10.1 Å². The van der Waals surface area contributed by atoms with E-state index in [0.717, 1.165) is 17.7 Å². The first-order chi connectivity index (χ1) is 15.0. The summed E-state index contributed by atoms with van der Waals surface area (Å²) in [5.74, 6) is 1.02. The maximum Gasteiger partial charge on any atom is 0.259 e. The monoisotopic (exact) mass is 436 g/mol. The number of benzene rings is 2. The molecular weight excluding hydrogens is 412 g/mol. The lowest BCUT2D eigenvalue weighted by Gasteiger charge is -2.26. The van der Waals surface area contributed by atoms with Gasteiger partial charge in [0.15, 0.2) is 5.17 Å². The molecule has 0 unspecified atom stereocenters. The Hall–Kier alpha value is -3.13. The van der Waals surface area contributed by atoms with E-state index < -0.39 is 11.3 Å². The summed E-state index contributed by atoms with van der Waals surface area (Å²) in [6, 6.07) is 14.4. The van der Waals surface area contributed by atoms with Crippen LogP contribution in [0.2, 0.25) is 0 Å². The van der Waals surface area contributed by atoms with Crippen molar-refractivity contribution in [2.45, 2.75) is 38.0 Å². The van der Waals surface area contributed by atoms with E-state index in [1.54, 1.807) is 31.1 Å². The number of para-hydroxylation sites is 1. The molecule has 0 bridgehead atoms. The van der Waals surface area contributed by atoms with Gasteiger partial charge >= 0.3 is 0 Å². The summed E-state index contributed by atoms with van der Waals surface area (Å²) in [5.41, 5.74) is 2.24. The number of rotatable bonds is 6. The number of thioether (sulfide) groups is 1. The Kier molecular flexibility index (Phi) is 6.08. The maximum absolute atomic E-state index is 13.1. The number of aliphatic imine (C=N–C) groups is 2. The standard InChI is InChI=1S/C23H24N4O3S/c1-4-8-19-22(29)27-20(25-19)17-11-5-6-12-18(17)26-23(27)31-14(2)21(28)24-15-9-7-10-16(13-15)30-3/h5-7,9-14,19H,4,8H2,1-3H3,(H,24,28)/t14-,19-/m0/s1. The summed E-state index contributed by atoms with van der Waals surface area (Å²) in [6.45, 7) is 3.83. The average molecular weight is 437 g/mol. The van der Waals surface area contributed by atoms with Gasteiger partial charge in [0.25, 0.3) is 5.91 Å². The number of amidine groups is 2. The fourth-order valence-corrected chi connectivity index (χ4v) is 4.41. The molecule has 8 heteroatoms. The van der Waals surface area contributed by atoms with Crippen LogP contribution in [0.1, 0.15) is 32.3 Å². The van der Waals surface area contributed by atoms with Crippen molar-refractivity contribution in [1.29, 1.82) is 0 Å². The Morgan fingerprint density at radius 2 is 2.06 bits per heavy atom. The molecule has 31 heavy (non-hydrogen) atoms. The van der Waals surface area contributed by atoms with Gasteiger partial charge in [-0.05, 0) is 37.6 Å². The lowest BCUT2D eigenvalue weighted by atomic mass is 10.1. The Morgan fingerprint density at radius 1 is 1.26 bits per heavy atom. The van der Waals surface area contributed by atoms with Crippen LogP contribution in [0.3, 0.4) is 0 Å². The SMILES string of the molecule is CCC[C@@H]1N=C2c3ccccc3N=C(S[C@@H](C)C(=O)Nc3cccc(OC)c3)N2C1=O. The van der Waals surface area contributed by atoms with Crippen LogP contribution in [0.15, 0.2) is 58.5 Å². The number of ether oxygens (including phenoxy) is 1. The third kappa shape index (κ3) is 4.20. The second-order valence-electron chi connectivity index (χ2n) is 7.32. The van der Waals surface area contributed by atoms with E-state index in [2.05, 4.69) is 5.32 Å². The van der Waals surface area contributed by atoms with Crippen LogP contribution in [-0.2, 0) is 9.59 Å². The number of anilines is 1. The first-order valence-electron chi connectivity index (χ1n) is 10.2. The number of nitrogens with zero attached hydrogens (tertiary/aromatic N) is 3. The van der Waals surface area contributed by atoms with Crippen LogP contribution in [-0.4, -0.2) is 46.1 Å². The van der Waals surface area contributed by atoms with Gasteiger partial charge in [0.2, 0.25) is 5.91 Å². The second-order valence-corrected chi connectivity index (χ2v) is 8.63. The lowest BCUT2D eigenvalue weighted by Crippen LogP contribution is -2.42. The minimum absolute atomic E-state index is 0.0852. The minimum Gasteiger partial charge on any atom is -0.497 e. The molecule has 2 aliphatic heterocycles. The van der Waals surface area contributed by atoms with Crippen LogP contribution >= 0.6 is 11.8 Å². The zero-order chi connectivity index (χ0) is 22.0. The summed E-state index contributed by atoms with van der Waals surface area (Å²) in [4.78, 5) is 36.8. The summed E-state index contributed by atoms with van der Waals surface area (Å²) >= 11 is 1.25. The van der Waals surface area contributed by atoms with E-state index in [4.69, 9.17) is 14.7 Å². The number of amides is 2. The normalized spacial score (nSPS) is 18.0. The number of carbonyl (C=O) groups is 2. The highest BCUT2D eigenvalue weighted by Gasteiger charge is 2.41. The molecule has 2 aromatic rings. The Labute approximate surface area is 185 Å². The largest absolute Gasteiger partial charge is 0.497 e. The first kappa shape index (κ1) is 21.1. The molecule has 2 atom stereocenters. The first-order valence-corrected chi connectivity index (χ1v) is 11.1. The van der Waals surface area contributed by atoms with Crippen molar-refractivity contribution in [2.24, 2.45) is 9.98 Å². The van der Waals surface area contributed by atoms with Gasteiger partial charge in [0.05, 0.1) is 18.0 Å². The number of hydrogen-bond acceptors (Lipinski definition) is 6. The number of carbonyl (C=O) groups excluding carboxylic acids is 2. The van der Waals surface area contributed by atoms with Gasteiger partial charge in [-0.25, -0.2) is 9.89 Å². The highest BCUT2D eigenvalue weighted by molar-refractivity contribution is 8.15. The van der Waals surface area contributed by atoms with Gasteiger partial charge in [-0.15, -0.1) is 0 Å². The zero-order valence-corrected chi connectivity index (χ0v) is 18.5. The van der Waals surface area contributed by atoms with Crippen molar-refractivity contribution in [3.8, 4) is 5.75 Å². The van der Waals surface area contributed by atoms with Crippen molar-refractivity contribution >= 4 is 46.0 Å². The minimum atomic E-state index is -0.477. The summed E-state index contributed by atoms with van der Waals surface area (Å²) < 4.78 is 5.21. The van der Waals surface area contributed by atoms with E-state index in [1.807, 2.05) is 43.3 Å². The molecule has 0 aromatic heterocycles. The summed E-state index contributed by atoms with van der Waals surface area (Å²) in [5, 5.41) is 2.90. The topological polar surface area (TPSA) is 83.4 Å². The Bertz CT molecular complexity index is 1080. The van der Waals surface area contributed by atoms with E-state index in [9.17, 15) is 9.59 Å². The van der Waals surface area contributed by atoms with Crippen LogP contribution in [0.4, 0.5) is 11.4 Å². The molecular formula is C23H24N4O3S. The van der Waals surface area contributed by atoms with Crippen molar-refractivity contribution in [3.63, 3.8) is 0 Å². The maximum atomic E-state index is 13.1. The fraction of sp³-hybridized carbons (Fsp3) is 0.304. The molecule has 0 aliphatic carbocycles. The number of nitrogens with one attached hydrogen (secondary N) is 1. The molecule has 2 aromatic carbocycles. The molecule has 160 valence electrons.